The van der Waals surface area contributed by atoms with E-state index in [-0.39, 0.29) is 5.91 Å². The van der Waals surface area contributed by atoms with E-state index in [4.69, 9.17) is 10.00 Å². The fourth-order valence-electron chi connectivity index (χ4n) is 3.75. The fourth-order valence-corrected chi connectivity index (χ4v) is 3.75. The van der Waals surface area contributed by atoms with Crippen molar-refractivity contribution in [2.75, 3.05) is 13.1 Å². The van der Waals surface area contributed by atoms with Crippen LogP contribution in [0.15, 0.2) is 48.5 Å². The molecule has 0 saturated carbocycles. The summed E-state index contributed by atoms with van der Waals surface area (Å²) < 4.78 is 5.70. The van der Waals surface area contributed by atoms with Crippen molar-refractivity contribution in [3.05, 3.63) is 65.2 Å². The zero-order valence-electron chi connectivity index (χ0n) is 17.2. The van der Waals surface area contributed by atoms with Gasteiger partial charge in [0.25, 0.3) is 5.91 Å². The van der Waals surface area contributed by atoms with E-state index in [0.717, 1.165) is 31.1 Å². The number of likely N-dealkylation sites (tertiary alicyclic amines) is 1. The van der Waals surface area contributed by atoms with Crippen molar-refractivity contribution in [1.29, 1.82) is 5.26 Å². The highest BCUT2D eigenvalue weighted by Gasteiger charge is 2.18. The zero-order valence-corrected chi connectivity index (χ0v) is 17.2. The molecule has 0 aromatic heterocycles. The number of benzene rings is 2. The Morgan fingerprint density at radius 3 is 2.66 bits per heavy atom. The number of ether oxygens (including phenoxy) is 1. The molecular weight excluding hydrogens is 362 g/mol. The van der Waals surface area contributed by atoms with Gasteiger partial charge in [-0.3, -0.25) is 9.69 Å². The summed E-state index contributed by atoms with van der Waals surface area (Å²) in [5.74, 6) is 1.16. The van der Waals surface area contributed by atoms with Gasteiger partial charge in [-0.15, -0.1) is 0 Å². The average Bonchev–Trinajstić information content (AvgIpc) is 2.73. The van der Waals surface area contributed by atoms with Gasteiger partial charge in [-0.2, -0.15) is 5.26 Å². The highest BCUT2D eigenvalue weighted by atomic mass is 16.5. The van der Waals surface area contributed by atoms with Crippen LogP contribution in [0.4, 0.5) is 0 Å². The molecule has 0 aliphatic carbocycles. The van der Waals surface area contributed by atoms with E-state index in [0.29, 0.717) is 17.9 Å². The summed E-state index contributed by atoms with van der Waals surface area (Å²) in [6.45, 7) is 7.73. The van der Waals surface area contributed by atoms with Crippen molar-refractivity contribution in [2.45, 2.75) is 45.9 Å². The van der Waals surface area contributed by atoms with Crippen molar-refractivity contribution >= 4 is 5.91 Å². The lowest BCUT2D eigenvalue weighted by atomic mass is 9.99. The Morgan fingerprint density at radius 1 is 1.24 bits per heavy atom. The van der Waals surface area contributed by atoms with Crippen LogP contribution >= 0.6 is 0 Å². The number of nitrogens with one attached hydrogen (secondary N) is 1. The number of hydrogen-bond donors (Lipinski definition) is 1. The highest BCUT2D eigenvalue weighted by molar-refractivity contribution is 5.80. The standard InChI is InChI=1S/C24H29N3O2/c1-18-6-5-13-27(16-18)17-22-8-4-3-7-21(22)15-26-24(28)19(2)29-23-11-9-20(14-25)10-12-23/h3-4,7-12,18-19H,5-6,13,15-17H2,1-2H3,(H,26,28)/t18-,19-/m1/s1. The molecule has 3 rings (SSSR count). The maximum Gasteiger partial charge on any atom is 0.261 e. The smallest absolute Gasteiger partial charge is 0.261 e. The van der Waals surface area contributed by atoms with Gasteiger partial charge < -0.3 is 10.1 Å². The van der Waals surface area contributed by atoms with E-state index < -0.39 is 6.10 Å². The molecule has 1 saturated heterocycles. The molecule has 1 heterocycles. The predicted octanol–water partition coefficient (Wildman–Crippen LogP) is 3.87. The van der Waals surface area contributed by atoms with Crippen LogP contribution in [0.5, 0.6) is 5.75 Å². The van der Waals surface area contributed by atoms with Crippen LogP contribution in [0, 0.1) is 17.2 Å². The molecule has 1 fully saturated rings. The lowest BCUT2D eigenvalue weighted by molar-refractivity contribution is -0.127. The number of carbonyl (C=O) groups is 1. The predicted molar refractivity (Wildman–Crippen MR) is 113 cm³/mol. The zero-order chi connectivity index (χ0) is 20.6. The van der Waals surface area contributed by atoms with Gasteiger partial charge in [-0.25, -0.2) is 0 Å². The van der Waals surface area contributed by atoms with Crippen LogP contribution < -0.4 is 10.1 Å². The summed E-state index contributed by atoms with van der Waals surface area (Å²) in [5, 5.41) is 11.9. The Labute approximate surface area is 173 Å². The second-order valence-electron chi connectivity index (χ2n) is 7.87. The van der Waals surface area contributed by atoms with Gasteiger partial charge in [0.1, 0.15) is 5.75 Å². The van der Waals surface area contributed by atoms with Crippen molar-refractivity contribution in [1.82, 2.24) is 10.2 Å². The third kappa shape index (κ3) is 6.07. The van der Waals surface area contributed by atoms with Crippen LogP contribution in [0.2, 0.25) is 0 Å². The van der Waals surface area contributed by atoms with Crippen molar-refractivity contribution in [3.63, 3.8) is 0 Å². The molecule has 2 atom stereocenters. The van der Waals surface area contributed by atoms with Crippen molar-refractivity contribution in [2.24, 2.45) is 5.92 Å². The van der Waals surface area contributed by atoms with Gasteiger partial charge in [0.15, 0.2) is 6.10 Å². The third-order valence-corrected chi connectivity index (χ3v) is 5.37. The Balaban J connectivity index is 1.54. The normalized spacial score (nSPS) is 17.9. The number of piperidine rings is 1. The van der Waals surface area contributed by atoms with Gasteiger partial charge >= 0.3 is 0 Å². The van der Waals surface area contributed by atoms with Crippen LogP contribution in [-0.4, -0.2) is 30.0 Å². The maximum absolute atomic E-state index is 12.5. The number of nitrogens with zero attached hydrogens (tertiary/aromatic N) is 2. The lowest BCUT2D eigenvalue weighted by Crippen LogP contribution is -2.36. The van der Waals surface area contributed by atoms with Gasteiger partial charge in [-0.1, -0.05) is 31.2 Å². The van der Waals surface area contributed by atoms with E-state index in [9.17, 15) is 4.79 Å². The third-order valence-electron chi connectivity index (χ3n) is 5.37. The summed E-state index contributed by atoms with van der Waals surface area (Å²) in [5.41, 5.74) is 2.97. The molecule has 5 heteroatoms. The minimum atomic E-state index is -0.613. The first-order chi connectivity index (χ1) is 14.0. The fraction of sp³-hybridized carbons (Fsp3) is 0.417. The van der Waals surface area contributed by atoms with E-state index in [1.165, 1.54) is 18.4 Å². The minimum Gasteiger partial charge on any atom is -0.481 e. The number of rotatable bonds is 7. The van der Waals surface area contributed by atoms with Crippen molar-refractivity contribution in [3.8, 4) is 11.8 Å². The molecule has 1 aliphatic heterocycles. The van der Waals surface area contributed by atoms with Crippen LogP contribution in [-0.2, 0) is 17.9 Å². The molecule has 0 unspecified atom stereocenters. The molecule has 2 aromatic rings. The maximum atomic E-state index is 12.5. The Morgan fingerprint density at radius 2 is 1.97 bits per heavy atom. The van der Waals surface area contributed by atoms with E-state index >= 15 is 0 Å². The van der Waals surface area contributed by atoms with E-state index in [2.05, 4.69) is 41.4 Å². The lowest BCUT2D eigenvalue weighted by Gasteiger charge is -2.31. The summed E-state index contributed by atoms with van der Waals surface area (Å²) in [6, 6.07) is 17.1. The molecule has 0 bridgehead atoms. The van der Waals surface area contributed by atoms with E-state index in [1.807, 2.05) is 6.07 Å². The van der Waals surface area contributed by atoms with Crippen LogP contribution in [0.25, 0.3) is 0 Å². The SMILES string of the molecule is C[C@@H]1CCCN(Cc2ccccc2CNC(=O)[C@@H](C)Oc2ccc(C#N)cc2)C1. The number of nitriles is 1. The molecule has 1 aliphatic rings. The second kappa shape index (κ2) is 10.1. The first-order valence-corrected chi connectivity index (χ1v) is 10.3. The molecule has 5 nitrogen and oxygen atoms in total. The summed E-state index contributed by atoms with van der Waals surface area (Å²) >= 11 is 0. The van der Waals surface area contributed by atoms with Gasteiger partial charge in [-0.05, 0) is 67.6 Å². The first-order valence-electron chi connectivity index (χ1n) is 10.3. The molecule has 1 N–H and O–H groups in total. The molecule has 29 heavy (non-hydrogen) atoms. The van der Waals surface area contributed by atoms with Crippen LogP contribution in [0.1, 0.15) is 43.4 Å². The second-order valence-corrected chi connectivity index (χ2v) is 7.87. The Bertz CT molecular complexity index is 857. The van der Waals surface area contributed by atoms with E-state index in [1.54, 1.807) is 31.2 Å². The number of hydrogen-bond acceptors (Lipinski definition) is 4. The molecular formula is C24H29N3O2. The Hall–Kier alpha value is -2.84. The summed E-state index contributed by atoms with van der Waals surface area (Å²) in [6.07, 6.45) is 1.95. The minimum absolute atomic E-state index is 0.157. The summed E-state index contributed by atoms with van der Waals surface area (Å²) in [4.78, 5) is 15.0. The monoisotopic (exact) mass is 391 g/mol. The Kier molecular flexibility index (Phi) is 7.26. The summed E-state index contributed by atoms with van der Waals surface area (Å²) in [7, 11) is 0. The van der Waals surface area contributed by atoms with Crippen molar-refractivity contribution < 1.29 is 9.53 Å². The first kappa shape index (κ1) is 20.9. The molecule has 0 radical (unpaired) electrons. The molecule has 0 spiro atoms. The van der Waals surface area contributed by atoms with Gasteiger partial charge in [0.05, 0.1) is 11.6 Å². The average molecular weight is 392 g/mol. The molecule has 1 amide bonds. The molecule has 152 valence electrons. The number of carbonyl (C=O) groups excluding carboxylic acids is 1. The topological polar surface area (TPSA) is 65.4 Å². The van der Waals surface area contributed by atoms with Gasteiger partial charge in [0.2, 0.25) is 0 Å². The van der Waals surface area contributed by atoms with Crippen LogP contribution in [0.3, 0.4) is 0 Å². The quantitative estimate of drug-likeness (QED) is 0.778. The largest absolute Gasteiger partial charge is 0.481 e. The number of amides is 1. The molecule has 2 aromatic carbocycles. The highest BCUT2D eigenvalue weighted by Crippen LogP contribution is 2.20. The van der Waals surface area contributed by atoms with Gasteiger partial charge in [0, 0.05) is 19.6 Å².